The number of carbonyl (C=O) groups excluding carboxylic acids is 1. The Kier molecular flexibility index (Phi) is 3.69. The van der Waals surface area contributed by atoms with Crippen molar-refractivity contribution in [2.75, 3.05) is 25.1 Å². The average molecular weight is 260 g/mol. The van der Waals surface area contributed by atoms with Gasteiger partial charge in [-0.3, -0.25) is 0 Å². The molecule has 2 amide bonds. The molecule has 19 heavy (non-hydrogen) atoms. The Hall–Kier alpha value is -1.55. The van der Waals surface area contributed by atoms with Gasteiger partial charge in [-0.15, -0.1) is 0 Å². The number of benzene rings is 1. The number of para-hydroxylation sites is 1. The molecule has 0 aromatic heterocycles. The quantitative estimate of drug-likeness (QED) is 0.904. The van der Waals surface area contributed by atoms with Crippen molar-refractivity contribution < 1.29 is 9.53 Å². The number of ether oxygens (including phenoxy) is 1. The standard InChI is InChI=1S/C15H20N2O2/c18-15(16-13-4-2-1-3-5-13)17(14-6-7-14)10-12-8-9-19-11-12/h1-5,12,14H,6-11H2,(H,16,18)/t12-/m0/s1. The molecule has 4 nitrogen and oxygen atoms in total. The largest absolute Gasteiger partial charge is 0.381 e. The van der Waals surface area contributed by atoms with Crippen LogP contribution in [0.4, 0.5) is 10.5 Å². The predicted octanol–water partition coefficient (Wildman–Crippen LogP) is 2.72. The zero-order valence-corrected chi connectivity index (χ0v) is 11.0. The zero-order valence-electron chi connectivity index (χ0n) is 11.0. The summed E-state index contributed by atoms with van der Waals surface area (Å²) in [5.74, 6) is 0.502. The van der Waals surface area contributed by atoms with E-state index in [4.69, 9.17) is 4.74 Å². The molecule has 1 heterocycles. The highest BCUT2D eigenvalue weighted by Gasteiger charge is 2.34. The molecule has 1 aliphatic carbocycles. The average Bonchev–Trinajstić information content (AvgIpc) is 3.14. The van der Waals surface area contributed by atoms with Crippen LogP contribution in [0, 0.1) is 5.92 Å². The number of amides is 2. The van der Waals surface area contributed by atoms with Gasteiger partial charge in [-0.2, -0.15) is 0 Å². The fraction of sp³-hybridized carbons (Fsp3) is 0.533. The van der Waals surface area contributed by atoms with Gasteiger partial charge in [-0.05, 0) is 31.4 Å². The van der Waals surface area contributed by atoms with E-state index in [0.717, 1.165) is 44.7 Å². The summed E-state index contributed by atoms with van der Waals surface area (Å²) in [7, 11) is 0. The van der Waals surface area contributed by atoms with Crippen LogP contribution in [0.25, 0.3) is 0 Å². The van der Waals surface area contributed by atoms with Gasteiger partial charge in [0.05, 0.1) is 6.61 Å². The second-order valence-corrected chi connectivity index (χ2v) is 5.41. The Balaban J connectivity index is 1.61. The number of anilines is 1. The summed E-state index contributed by atoms with van der Waals surface area (Å²) < 4.78 is 5.40. The molecule has 1 aliphatic heterocycles. The first-order valence-corrected chi connectivity index (χ1v) is 7.03. The Morgan fingerprint density at radius 1 is 1.26 bits per heavy atom. The van der Waals surface area contributed by atoms with Crippen LogP contribution in [-0.4, -0.2) is 36.7 Å². The van der Waals surface area contributed by atoms with Crippen molar-refractivity contribution in [3.05, 3.63) is 30.3 Å². The van der Waals surface area contributed by atoms with Gasteiger partial charge >= 0.3 is 6.03 Å². The molecular formula is C15H20N2O2. The second-order valence-electron chi connectivity index (χ2n) is 5.41. The molecule has 2 aliphatic rings. The Morgan fingerprint density at radius 3 is 2.68 bits per heavy atom. The van der Waals surface area contributed by atoms with Crippen LogP contribution in [0.2, 0.25) is 0 Å². The van der Waals surface area contributed by atoms with Gasteiger partial charge in [0.2, 0.25) is 0 Å². The third kappa shape index (κ3) is 3.26. The first kappa shape index (κ1) is 12.5. The topological polar surface area (TPSA) is 41.6 Å². The van der Waals surface area contributed by atoms with Crippen molar-refractivity contribution >= 4 is 11.7 Å². The first-order chi connectivity index (χ1) is 9.33. The second kappa shape index (κ2) is 5.61. The van der Waals surface area contributed by atoms with E-state index in [9.17, 15) is 4.79 Å². The van der Waals surface area contributed by atoms with Crippen LogP contribution in [-0.2, 0) is 4.74 Å². The highest BCUT2D eigenvalue weighted by Crippen LogP contribution is 2.29. The third-order valence-corrected chi connectivity index (χ3v) is 3.75. The molecular weight excluding hydrogens is 240 g/mol. The van der Waals surface area contributed by atoms with Crippen LogP contribution in [0.15, 0.2) is 30.3 Å². The lowest BCUT2D eigenvalue weighted by atomic mass is 10.1. The minimum atomic E-state index is 0.0283. The van der Waals surface area contributed by atoms with Crippen LogP contribution in [0.3, 0.4) is 0 Å². The Bertz CT molecular complexity index is 425. The Morgan fingerprint density at radius 2 is 2.05 bits per heavy atom. The van der Waals surface area contributed by atoms with E-state index in [1.165, 1.54) is 0 Å². The van der Waals surface area contributed by atoms with Crippen molar-refractivity contribution in [3.8, 4) is 0 Å². The Labute approximate surface area is 113 Å². The van der Waals surface area contributed by atoms with Gasteiger partial charge < -0.3 is 15.0 Å². The van der Waals surface area contributed by atoms with Crippen molar-refractivity contribution in [1.82, 2.24) is 4.90 Å². The summed E-state index contributed by atoms with van der Waals surface area (Å²) in [5.41, 5.74) is 0.862. The molecule has 3 rings (SSSR count). The van der Waals surface area contributed by atoms with Crippen LogP contribution in [0.1, 0.15) is 19.3 Å². The van der Waals surface area contributed by atoms with Crippen molar-refractivity contribution in [1.29, 1.82) is 0 Å². The lowest BCUT2D eigenvalue weighted by molar-refractivity contribution is 0.167. The van der Waals surface area contributed by atoms with Gasteiger partial charge in [0.15, 0.2) is 0 Å². The smallest absolute Gasteiger partial charge is 0.322 e. The van der Waals surface area contributed by atoms with Gasteiger partial charge in [-0.1, -0.05) is 18.2 Å². The van der Waals surface area contributed by atoms with Crippen LogP contribution in [0.5, 0.6) is 0 Å². The number of urea groups is 1. The third-order valence-electron chi connectivity index (χ3n) is 3.75. The maximum Gasteiger partial charge on any atom is 0.322 e. The number of rotatable bonds is 4. The number of nitrogens with one attached hydrogen (secondary N) is 1. The monoisotopic (exact) mass is 260 g/mol. The maximum atomic E-state index is 12.4. The molecule has 1 aromatic rings. The van der Waals surface area contributed by atoms with Gasteiger partial charge in [0, 0.05) is 30.8 Å². The minimum Gasteiger partial charge on any atom is -0.381 e. The van der Waals surface area contributed by atoms with E-state index in [0.29, 0.717) is 12.0 Å². The molecule has 1 atom stereocenters. The van der Waals surface area contributed by atoms with Gasteiger partial charge in [0.25, 0.3) is 0 Å². The summed E-state index contributed by atoms with van der Waals surface area (Å²) in [5, 5.41) is 2.98. The molecule has 102 valence electrons. The molecule has 0 unspecified atom stereocenters. The number of hydrogen-bond acceptors (Lipinski definition) is 2. The van der Waals surface area contributed by atoms with E-state index in [-0.39, 0.29) is 6.03 Å². The summed E-state index contributed by atoms with van der Waals surface area (Å²) in [6, 6.07) is 10.1. The lowest BCUT2D eigenvalue weighted by Gasteiger charge is -2.25. The number of hydrogen-bond donors (Lipinski definition) is 1. The molecule has 0 bridgehead atoms. The molecule has 1 aromatic carbocycles. The van der Waals surface area contributed by atoms with E-state index in [1.807, 2.05) is 35.2 Å². The van der Waals surface area contributed by atoms with E-state index < -0.39 is 0 Å². The molecule has 2 fully saturated rings. The molecule has 0 spiro atoms. The molecule has 1 saturated carbocycles. The lowest BCUT2D eigenvalue weighted by Crippen LogP contribution is -2.40. The van der Waals surface area contributed by atoms with E-state index in [2.05, 4.69) is 5.32 Å². The maximum absolute atomic E-state index is 12.4. The number of carbonyl (C=O) groups is 1. The summed E-state index contributed by atoms with van der Waals surface area (Å²) in [6.07, 6.45) is 3.34. The van der Waals surface area contributed by atoms with Crippen molar-refractivity contribution in [2.45, 2.75) is 25.3 Å². The first-order valence-electron chi connectivity index (χ1n) is 7.03. The van der Waals surface area contributed by atoms with E-state index in [1.54, 1.807) is 0 Å². The molecule has 0 radical (unpaired) electrons. The van der Waals surface area contributed by atoms with E-state index >= 15 is 0 Å². The van der Waals surface area contributed by atoms with Crippen LogP contribution >= 0.6 is 0 Å². The van der Waals surface area contributed by atoms with Gasteiger partial charge in [0.1, 0.15) is 0 Å². The zero-order chi connectivity index (χ0) is 13.1. The van der Waals surface area contributed by atoms with Gasteiger partial charge in [-0.25, -0.2) is 4.79 Å². The highest BCUT2D eigenvalue weighted by atomic mass is 16.5. The molecule has 4 heteroatoms. The molecule has 1 saturated heterocycles. The summed E-state index contributed by atoms with van der Waals surface area (Å²) in [6.45, 7) is 2.45. The fourth-order valence-electron chi connectivity index (χ4n) is 2.51. The van der Waals surface area contributed by atoms with Crippen molar-refractivity contribution in [3.63, 3.8) is 0 Å². The SMILES string of the molecule is O=C(Nc1ccccc1)N(C[C@@H]1CCOC1)C1CC1. The molecule has 1 N–H and O–H groups in total. The highest BCUT2D eigenvalue weighted by molar-refractivity contribution is 5.89. The predicted molar refractivity (Wildman–Crippen MR) is 74.1 cm³/mol. The normalized spacial score (nSPS) is 22.2. The fourth-order valence-corrected chi connectivity index (χ4v) is 2.51. The van der Waals surface area contributed by atoms with Crippen molar-refractivity contribution in [2.24, 2.45) is 5.92 Å². The summed E-state index contributed by atoms with van der Waals surface area (Å²) >= 11 is 0. The number of nitrogens with zero attached hydrogens (tertiary/aromatic N) is 1. The minimum absolute atomic E-state index is 0.0283. The van der Waals surface area contributed by atoms with Crippen LogP contribution < -0.4 is 5.32 Å². The summed E-state index contributed by atoms with van der Waals surface area (Å²) in [4.78, 5) is 14.3.